The van der Waals surface area contributed by atoms with Gasteiger partial charge in [-0.1, -0.05) is 24.6 Å². The van der Waals surface area contributed by atoms with Crippen molar-refractivity contribution in [2.75, 3.05) is 5.32 Å². The van der Waals surface area contributed by atoms with Gasteiger partial charge in [0.1, 0.15) is 0 Å². The van der Waals surface area contributed by atoms with Gasteiger partial charge in [-0.15, -0.1) is 0 Å². The second-order valence-corrected chi connectivity index (χ2v) is 4.90. The van der Waals surface area contributed by atoms with Crippen molar-refractivity contribution in [1.82, 2.24) is 4.98 Å². The third-order valence-electron chi connectivity index (χ3n) is 3.13. The van der Waals surface area contributed by atoms with E-state index in [1.807, 2.05) is 31.2 Å². The van der Waals surface area contributed by atoms with Crippen molar-refractivity contribution < 1.29 is 14.3 Å². The fraction of sp³-hybridized carbons (Fsp3) is 0.235. The molecule has 0 saturated heterocycles. The Balaban J connectivity index is 2.00. The highest BCUT2D eigenvalue weighted by atomic mass is 16.5. The van der Waals surface area contributed by atoms with E-state index in [0.29, 0.717) is 17.7 Å². The van der Waals surface area contributed by atoms with Gasteiger partial charge in [0.15, 0.2) is 6.10 Å². The molecular formula is C17H18N2O3. The van der Waals surface area contributed by atoms with E-state index in [4.69, 9.17) is 4.74 Å². The number of aromatic nitrogens is 1. The number of hydrogen-bond acceptors (Lipinski definition) is 4. The number of rotatable bonds is 5. The molecule has 1 aromatic heterocycles. The average molecular weight is 298 g/mol. The Morgan fingerprint density at radius 1 is 1.23 bits per heavy atom. The van der Waals surface area contributed by atoms with Crippen LogP contribution in [0, 0.1) is 6.92 Å². The van der Waals surface area contributed by atoms with Gasteiger partial charge in [-0.2, -0.15) is 0 Å². The third kappa shape index (κ3) is 4.15. The fourth-order valence-corrected chi connectivity index (χ4v) is 1.86. The predicted molar refractivity (Wildman–Crippen MR) is 83.5 cm³/mol. The van der Waals surface area contributed by atoms with Gasteiger partial charge in [-0.3, -0.25) is 9.78 Å². The van der Waals surface area contributed by atoms with Gasteiger partial charge in [-0.25, -0.2) is 4.79 Å². The molecule has 0 bridgehead atoms. The standard InChI is InChI=1S/C17H18N2O3/c1-3-15(22-17(21)13-5-4-10-18-11-13)16(20)19-14-8-6-12(2)7-9-14/h4-11,15H,3H2,1-2H3,(H,19,20). The topological polar surface area (TPSA) is 68.3 Å². The molecule has 1 amide bonds. The monoisotopic (exact) mass is 298 g/mol. The summed E-state index contributed by atoms with van der Waals surface area (Å²) >= 11 is 0. The van der Waals surface area contributed by atoms with Crippen LogP contribution in [0.3, 0.4) is 0 Å². The first-order valence-corrected chi connectivity index (χ1v) is 7.08. The van der Waals surface area contributed by atoms with E-state index in [2.05, 4.69) is 10.3 Å². The smallest absolute Gasteiger partial charge is 0.340 e. The van der Waals surface area contributed by atoms with E-state index in [-0.39, 0.29) is 5.91 Å². The number of esters is 1. The van der Waals surface area contributed by atoms with Crippen LogP contribution in [0.1, 0.15) is 29.3 Å². The van der Waals surface area contributed by atoms with Crippen molar-refractivity contribution in [3.05, 3.63) is 59.9 Å². The molecule has 1 atom stereocenters. The first kappa shape index (κ1) is 15.7. The number of amides is 1. The maximum absolute atomic E-state index is 12.2. The molecule has 0 fully saturated rings. The lowest BCUT2D eigenvalue weighted by molar-refractivity contribution is -0.124. The highest BCUT2D eigenvalue weighted by Crippen LogP contribution is 2.12. The Hall–Kier alpha value is -2.69. The lowest BCUT2D eigenvalue weighted by Gasteiger charge is -2.16. The molecule has 0 saturated carbocycles. The molecule has 0 spiro atoms. The number of nitrogens with zero attached hydrogens (tertiary/aromatic N) is 1. The quantitative estimate of drug-likeness (QED) is 0.862. The van der Waals surface area contributed by atoms with Crippen LogP contribution in [-0.2, 0) is 9.53 Å². The van der Waals surface area contributed by atoms with E-state index in [9.17, 15) is 9.59 Å². The number of nitrogens with one attached hydrogen (secondary N) is 1. The fourth-order valence-electron chi connectivity index (χ4n) is 1.86. The van der Waals surface area contributed by atoms with Crippen LogP contribution in [0.25, 0.3) is 0 Å². The van der Waals surface area contributed by atoms with E-state index >= 15 is 0 Å². The summed E-state index contributed by atoms with van der Waals surface area (Å²) in [6.07, 6.45) is 2.53. The molecule has 0 radical (unpaired) electrons. The highest BCUT2D eigenvalue weighted by Gasteiger charge is 2.22. The van der Waals surface area contributed by atoms with Crippen molar-refractivity contribution in [2.45, 2.75) is 26.4 Å². The number of ether oxygens (including phenoxy) is 1. The van der Waals surface area contributed by atoms with Gasteiger partial charge in [-0.05, 0) is 37.6 Å². The largest absolute Gasteiger partial charge is 0.449 e. The number of hydrogen-bond donors (Lipinski definition) is 1. The van der Waals surface area contributed by atoms with Crippen molar-refractivity contribution in [3.8, 4) is 0 Å². The van der Waals surface area contributed by atoms with E-state index in [1.54, 1.807) is 25.3 Å². The molecule has 22 heavy (non-hydrogen) atoms. The zero-order valence-electron chi connectivity index (χ0n) is 12.6. The zero-order valence-corrected chi connectivity index (χ0v) is 12.6. The maximum atomic E-state index is 12.2. The van der Waals surface area contributed by atoms with Crippen LogP contribution in [0.15, 0.2) is 48.8 Å². The number of aryl methyl sites for hydroxylation is 1. The second-order valence-electron chi connectivity index (χ2n) is 4.90. The first-order valence-electron chi connectivity index (χ1n) is 7.08. The number of anilines is 1. The van der Waals surface area contributed by atoms with Crippen LogP contribution in [-0.4, -0.2) is 23.0 Å². The van der Waals surface area contributed by atoms with Crippen LogP contribution in [0.4, 0.5) is 5.69 Å². The summed E-state index contributed by atoms with van der Waals surface area (Å²) in [5.74, 6) is -0.900. The molecule has 5 heteroatoms. The van der Waals surface area contributed by atoms with E-state index in [1.165, 1.54) is 6.20 Å². The highest BCUT2D eigenvalue weighted by molar-refractivity contribution is 5.97. The van der Waals surface area contributed by atoms with Gasteiger partial charge >= 0.3 is 5.97 Å². The molecule has 2 aromatic rings. The van der Waals surface area contributed by atoms with Crippen molar-refractivity contribution in [1.29, 1.82) is 0 Å². The Kier molecular flexibility index (Phi) is 5.25. The Labute approximate surface area is 129 Å². The molecule has 0 aliphatic rings. The summed E-state index contributed by atoms with van der Waals surface area (Å²) in [6.45, 7) is 3.76. The molecular weight excluding hydrogens is 280 g/mol. The van der Waals surface area contributed by atoms with Gasteiger partial charge in [0.05, 0.1) is 5.56 Å². The second kappa shape index (κ2) is 7.36. The van der Waals surface area contributed by atoms with Crippen molar-refractivity contribution in [2.24, 2.45) is 0 Å². The Bertz CT molecular complexity index is 639. The number of pyridine rings is 1. The number of carbonyl (C=O) groups excluding carboxylic acids is 2. The minimum atomic E-state index is -0.839. The van der Waals surface area contributed by atoms with Gasteiger partial charge < -0.3 is 10.1 Å². The molecule has 1 N–H and O–H groups in total. The molecule has 1 unspecified atom stereocenters. The van der Waals surface area contributed by atoms with Gasteiger partial charge in [0, 0.05) is 18.1 Å². The lowest BCUT2D eigenvalue weighted by Crippen LogP contribution is -2.32. The SMILES string of the molecule is CCC(OC(=O)c1cccnc1)C(=O)Nc1ccc(C)cc1. The zero-order chi connectivity index (χ0) is 15.9. The minimum absolute atomic E-state index is 0.323. The molecule has 114 valence electrons. The lowest BCUT2D eigenvalue weighted by atomic mass is 10.2. The van der Waals surface area contributed by atoms with Crippen LogP contribution < -0.4 is 5.32 Å². The number of carbonyl (C=O) groups is 2. The number of benzene rings is 1. The maximum Gasteiger partial charge on any atom is 0.340 e. The van der Waals surface area contributed by atoms with Gasteiger partial charge in [0.2, 0.25) is 0 Å². The van der Waals surface area contributed by atoms with E-state index < -0.39 is 12.1 Å². The normalized spacial score (nSPS) is 11.5. The van der Waals surface area contributed by atoms with Crippen molar-refractivity contribution in [3.63, 3.8) is 0 Å². The summed E-state index contributed by atoms with van der Waals surface area (Å²) < 4.78 is 5.25. The Morgan fingerprint density at radius 3 is 2.55 bits per heavy atom. The third-order valence-corrected chi connectivity index (χ3v) is 3.13. The van der Waals surface area contributed by atoms with Crippen LogP contribution in [0.2, 0.25) is 0 Å². The molecule has 0 aliphatic heterocycles. The summed E-state index contributed by atoms with van der Waals surface area (Å²) in [5, 5.41) is 2.75. The summed E-state index contributed by atoms with van der Waals surface area (Å²) in [4.78, 5) is 28.0. The summed E-state index contributed by atoms with van der Waals surface area (Å²) in [6, 6.07) is 10.7. The van der Waals surface area contributed by atoms with Gasteiger partial charge in [0.25, 0.3) is 5.91 Å². The Morgan fingerprint density at radius 2 is 1.95 bits per heavy atom. The average Bonchev–Trinajstić information content (AvgIpc) is 2.55. The predicted octanol–water partition coefficient (Wildman–Crippen LogP) is 2.96. The molecule has 1 aromatic carbocycles. The van der Waals surface area contributed by atoms with E-state index in [0.717, 1.165) is 5.56 Å². The van der Waals surface area contributed by atoms with Crippen molar-refractivity contribution >= 4 is 17.6 Å². The minimum Gasteiger partial charge on any atom is -0.449 e. The molecule has 5 nitrogen and oxygen atoms in total. The molecule has 0 aliphatic carbocycles. The summed E-state index contributed by atoms with van der Waals surface area (Å²) in [7, 11) is 0. The molecule has 1 heterocycles. The van der Waals surface area contributed by atoms with Crippen LogP contribution in [0.5, 0.6) is 0 Å². The first-order chi connectivity index (χ1) is 10.6. The molecule has 2 rings (SSSR count). The summed E-state index contributed by atoms with van der Waals surface area (Å²) in [5.41, 5.74) is 2.10. The van der Waals surface area contributed by atoms with Crippen LogP contribution >= 0.6 is 0 Å².